The van der Waals surface area contributed by atoms with Crippen LogP contribution < -0.4 is 0 Å². The van der Waals surface area contributed by atoms with Crippen molar-refractivity contribution >= 4 is 0 Å². The van der Waals surface area contributed by atoms with Gasteiger partial charge in [0.2, 0.25) is 0 Å². The highest BCUT2D eigenvalue weighted by Crippen LogP contribution is 2.67. The van der Waals surface area contributed by atoms with Gasteiger partial charge in [-0.2, -0.15) is 0 Å². The molecule has 4 rings (SSSR count). The lowest BCUT2D eigenvalue weighted by atomic mass is 9.46. The second kappa shape index (κ2) is 9.15. The molecule has 0 N–H and O–H groups in total. The molecule has 0 nitrogen and oxygen atoms in total. The minimum absolute atomic E-state index is 0.521. The quantitative estimate of drug-likeness (QED) is 0.289. The van der Waals surface area contributed by atoms with Crippen molar-refractivity contribution < 1.29 is 0 Å². The summed E-state index contributed by atoms with van der Waals surface area (Å²) in [6.07, 6.45) is 25.7. The van der Waals surface area contributed by atoms with E-state index >= 15 is 0 Å². The zero-order valence-corrected chi connectivity index (χ0v) is 20.9. The second-order valence-electron chi connectivity index (χ2n) is 12.3. The summed E-state index contributed by atoms with van der Waals surface area (Å²) < 4.78 is 0. The first-order chi connectivity index (χ1) is 14.4. The van der Waals surface area contributed by atoms with Crippen LogP contribution in [0.1, 0.15) is 125 Å². The van der Waals surface area contributed by atoms with Crippen LogP contribution in [0.5, 0.6) is 0 Å². The lowest BCUT2D eigenvalue weighted by molar-refractivity contribution is -0.0446. The van der Waals surface area contributed by atoms with E-state index in [9.17, 15) is 0 Å². The first kappa shape index (κ1) is 22.7. The Balaban J connectivity index is 1.44. The topological polar surface area (TPSA) is 0 Å². The Morgan fingerprint density at radius 2 is 1.80 bits per heavy atom. The van der Waals surface area contributed by atoms with Gasteiger partial charge in [0.05, 0.1) is 0 Å². The number of hydrogen-bond acceptors (Lipinski definition) is 0. The van der Waals surface area contributed by atoms with Gasteiger partial charge in [-0.05, 0) is 112 Å². The van der Waals surface area contributed by atoms with E-state index in [1.165, 1.54) is 89.9 Å². The Hall–Kier alpha value is -0.520. The molecule has 4 aliphatic carbocycles. The molecule has 30 heavy (non-hydrogen) atoms. The Kier molecular flexibility index (Phi) is 6.91. The first-order valence-electron chi connectivity index (χ1n) is 13.8. The number of allylic oxidation sites excluding steroid dienone is 4. The summed E-state index contributed by atoms with van der Waals surface area (Å²) in [7, 11) is 0. The van der Waals surface area contributed by atoms with Gasteiger partial charge in [0, 0.05) is 0 Å². The maximum absolute atomic E-state index is 2.76. The van der Waals surface area contributed by atoms with Gasteiger partial charge in [-0.3, -0.25) is 0 Å². The predicted octanol–water partition coefficient (Wildman–Crippen LogP) is 9.51. The van der Waals surface area contributed by atoms with Crippen molar-refractivity contribution in [2.75, 3.05) is 0 Å². The minimum atomic E-state index is 0.521. The minimum Gasteiger partial charge on any atom is -0.0884 e. The zero-order valence-electron chi connectivity index (χ0n) is 20.9. The molecule has 7 atom stereocenters. The van der Waals surface area contributed by atoms with E-state index in [0.717, 1.165) is 29.6 Å². The van der Waals surface area contributed by atoms with Crippen LogP contribution in [0.4, 0.5) is 0 Å². The molecule has 0 heteroatoms. The molecule has 0 spiro atoms. The van der Waals surface area contributed by atoms with Gasteiger partial charge >= 0.3 is 0 Å². The Labute approximate surface area is 188 Å². The average molecular weight is 411 g/mol. The van der Waals surface area contributed by atoms with Gasteiger partial charge < -0.3 is 0 Å². The molecule has 170 valence electrons. The van der Waals surface area contributed by atoms with Gasteiger partial charge in [-0.25, -0.2) is 0 Å². The fraction of sp³-hybridized carbons (Fsp3) is 0.867. The van der Waals surface area contributed by atoms with E-state index in [-0.39, 0.29) is 0 Å². The summed E-state index contributed by atoms with van der Waals surface area (Å²) in [5.74, 6) is 4.83. The molecule has 0 heterocycles. The molecule has 4 aliphatic rings. The van der Waals surface area contributed by atoms with E-state index in [1.54, 1.807) is 5.57 Å². The van der Waals surface area contributed by atoms with Crippen molar-refractivity contribution in [1.29, 1.82) is 0 Å². The van der Waals surface area contributed by atoms with Gasteiger partial charge in [-0.15, -0.1) is 0 Å². The van der Waals surface area contributed by atoms with Crippen LogP contribution in [0.2, 0.25) is 0 Å². The van der Waals surface area contributed by atoms with Crippen molar-refractivity contribution in [3.63, 3.8) is 0 Å². The van der Waals surface area contributed by atoms with Crippen LogP contribution in [0.3, 0.4) is 0 Å². The molecule has 0 aliphatic heterocycles. The third-order valence-electron chi connectivity index (χ3n) is 11.1. The molecule has 3 fully saturated rings. The highest BCUT2D eigenvalue weighted by molar-refractivity contribution is 5.27. The third kappa shape index (κ3) is 3.88. The van der Waals surface area contributed by atoms with Crippen molar-refractivity contribution in [1.82, 2.24) is 0 Å². The van der Waals surface area contributed by atoms with Gasteiger partial charge in [0.25, 0.3) is 0 Å². The van der Waals surface area contributed by atoms with E-state index in [1.807, 2.05) is 5.57 Å². The van der Waals surface area contributed by atoms with Crippen LogP contribution in [0.25, 0.3) is 0 Å². The largest absolute Gasteiger partial charge is 0.0884 e. The molecule has 0 bridgehead atoms. The van der Waals surface area contributed by atoms with Crippen molar-refractivity contribution in [2.45, 2.75) is 125 Å². The maximum atomic E-state index is 2.76. The summed E-state index contributed by atoms with van der Waals surface area (Å²) in [5, 5.41) is 0. The van der Waals surface area contributed by atoms with Crippen LogP contribution in [-0.4, -0.2) is 0 Å². The fourth-order valence-corrected chi connectivity index (χ4v) is 8.86. The molecule has 0 amide bonds. The van der Waals surface area contributed by atoms with Crippen molar-refractivity contribution in [3.05, 3.63) is 23.3 Å². The average Bonchev–Trinajstić information content (AvgIpc) is 3.08. The van der Waals surface area contributed by atoms with E-state index in [2.05, 4.69) is 46.8 Å². The predicted molar refractivity (Wildman–Crippen MR) is 131 cm³/mol. The summed E-state index contributed by atoms with van der Waals surface area (Å²) >= 11 is 0. The highest BCUT2D eigenvalue weighted by atomic mass is 14.6. The molecular formula is C30H50. The molecule has 0 radical (unpaired) electrons. The van der Waals surface area contributed by atoms with Gasteiger partial charge in [0.1, 0.15) is 0 Å². The number of unbranched alkanes of at least 4 members (excludes halogenated alkanes) is 4. The Morgan fingerprint density at radius 3 is 2.57 bits per heavy atom. The maximum Gasteiger partial charge on any atom is -0.00849 e. The van der Waals surface area contributed by atoms with Crippen molar-refractivity contribution in [3.8, 4) is 0 Å². The Bertz CT molecular complexity index is 653. The first-order valence-corrected chi connectivity index (χ1v) is 13.8. The normalized spacial score (nSPS) is 43.6. The summed E-state index contributed by atoms with van der Waals surface area (Å²) in [6.45, 7) is 12.3. The molecule has 0 aromatic heterocycles. The number of rotatable bonds is 7. The lowest BCUT2D eigenvalue weighted by Gasteiger charge is -2.58. The smallest absolute Gasteiger partial charge is 0.00849 e. The molecular weight excluding hydrogens is 360 g/mol. The summed E-state index contributed by atoms with van der Waals surface area (Å²) in [4.78, 5) is 0. The monoisotopic (exact) mass is 410 g/mol. The van der Waals surface area contributed by atoms with Gasteiger partial charge in [-0.1, -0.05) is 76.2 Å². The molecule has 6 unspecified atom stereocenters. The zero-order chi connectivity index (χ0) is 21.4. The second-order valence-corrected chi connectivity index (χ2v) is 12.3. The van der Waals surface area contributed by atoms with E-state index < -0.39 is 0 Å². The standard InChI is InChI=1S/C30H50/c1-6-8-9-10-11-12-24-14-16-27-26-15-13-25-21-23(22(3)7-2)17-19-30(25,5)28(26)18-20-29(24,27)4/h7,13,23-24,26-28H,6,8-12,14-21H2,1-5H3/b22-7-/t23?,24?,26?,27-,28?,29?,30?/m0/s1. The third-order valence-corrected chi connectivity index (χ3v) is 11.1. The van der Waals surface area contributed by atoms with Crippen molar-refractivity contribution in [2.24, 2.45) is 40.4 Å². The molecule has 0 aromatic carbocycles. The molecule has 3 saturated carbocycles. The number of hydrogen-bond donors (Lipinski definition) is 0. The summed E-state index contributed by atoms with van der Waals surface area (Å²) in [6, 6.07) is 0. The van der Waals surface area contributed by atoms with Gasteiger partial charge in [0.15, 0.2) is 0 Å². The fourth-order valence-electron chi connectivity index (χ4n) is 8.86. The lowest BCUT2D eigenvalue weighted by Crippen LogP contribution is -2.50. The van der Waals surface area contributed by atoms with E-state index in [4.69, 9.17) is 0 Å². The molecule has 0 aromatic rings. The Morgan fingerprint density at radius 1 is 1.00 bits per heavy atom. The van der Waals surface area contributed by atoms with Crippen LogP contribution in [0, 0.1) is 40.4 Å². The number of fused-ring (bicyclic) bond motifs is 5. The van der Waals surface area contributed by atoms with Crippen LogP contribution in [-0.2, 0) is 0 Å². The van der Waals surface area contributed by atoms with E-state index in [0.29, 0.717) is 10.8 Å². The molecule has 0 saturated heterocycles. The summed E-state index contributed by atoms with van der Waals surface area (Å²) in [5.41, 5.74) is 4.67. The highest BCUT2D eigenvalue weighted by Gasteiger charge is 2.58. The SMILES string of the molecule is C/C=C(/C)C1CCC2(C)C(=CCC3C2CCC2(C)C(CCCCCCC)CC[C@@H]32)C1. The van der Waals surface area contributed by atoms with Crippen LogP contribution in [0.15, 0.2) is 23.3 Å². The van der Waals surface area contributed by atoms with Crippen LogP contribution >= 0.6 is 0 Å².